The number of aromatic carboxylic acids is 1. The van der Waals surface area contributed by atoms with Crippen molar-refractivity contribution in [3.8, 4) is 11.3 Å². The normalized spacial score (nSPS) is 10.7. The van der Waals surface area contributed by atoms with Gasteiger partial charge in [0.2, 0.25) is 0 Å². The molecule has 1 heterocycles. The topological polar surface area (TPSA) is 42.2 Å². The number of halogens is 2. The summed E-state index contributed by atoms with van der Waals surface area (Å²) >= 11 is 0. The molecule has 1 aromatic carbocycles. The molecule has 19 heavy (non-hydrogen) atoms. The fraction of sp³-hybridized carbons (Fsp3) is 0.214. The van der Waals surface area contributed by atoms with E-state index in [1.807, 2.05) is 0 Å². The molecule has 1 N–H and O–H groups in total. The third-order valence-electron chi connectivity index (χ3n) is 3.06. The van der Waals surface area contributed by atoms with Crippen LogP contribution in [0, 0.1) is 18.6 Å². The number of aryl methyl sites for hydroxylation is 1. The number of hydrogen-bond donors (Lipinski definition) is 1. The first-order valence-electron chi connectivity index (χ1n) is 5.85. The van der Waals surface area contributed by atoms with Crippen molar-refractivity contribution >= 4 is 5.97 Å². The van der Waals surface area contributed by atoms with Gasteiger partial charge < -0.3 is 9.67 Å². The highest BCUT2D eigenvalue weighted by molar-refractivity contribution is 5.87. The van der Waals surface area contributed by atoms with Crippen LogP contribution >= 0.6 is 0 Å². The third kappa shape index (κ3) is 2.12. The van der Waals surface area contributed by atoms with E-state index >= 15 is 0 Å². The average molecular weight is 265 g/mol. The van der Waals surface area contributed by atoms with Crippen LogP contribution in [0.2, 0.25) is 0 Å². The van der Waals surface area contributed by atoms with Crippen LogP contribution in [0.5, 0.6) is 0 Å². The average Bonchev–Trinajstić information content (AvgIpc) is 2.78. The maximum atomic E-state index is 14.1. The molecular weight excluding hydrogens is 252 g/mol. The Morgan fingerprint density at radius 3 is 2.53 bits per heavy atom. The molecule has 5 heteroatoms. The minimum absolute atomic E-state index is 0.0119. The fourth-order valence-electron chi connectivity index (χ4n) is 2.10. The van der Waals surface area contributed by atoms with Crippen molar-refractivity contribution in [1.29, 1.82) is 0 Å². The Balaban J connectivity index is 2.73. The predicted molar refractivity (Wildman–Crippen MR) is 67.2 cm³/mol. The summed E-state index contributed by atoms with van der Waals surface area (Å²) in [7, 11) is 0. The first-order valence-corrected chi connectivity index (χ1v) is 5.85. The molecule has 0 saturated heterocycles. The van der Waals surface area contributed by atoms with Crippen LogP contribution in [0.3, 0.4) is 0 Å². The van der Waals surface area contributed by atoms with E-state index in [9.17, 15) is 13.6 Å². The molecule has 0 atom stereocenters. The zero-order valence-electron chi connectivity index (χ0n) is 10.6. The van der Waals surface area contributed by atoms with Crippen LogP contribution in [0.4, 0.5) is 8.78 Å². The number of rotatable bonds is 3. The Bertz CT molecular complexity index is 647. The molecule has 0 aliphatic heterocycles. The van der Waals surface area contributed by atoms with E-state index in [1.54, 1.807) is 6.92 Å². The molecule has 1 aromatic heterocycles. The Morgan fingerprint density at radius 2 is 1.95 bits per heavy atom. The monoisotopic (exact) mass is 265 g/mol. The van der Waals surface area contributed by atoms with E-state index in [0.717, 1.165) is 0 Å². The molecule has 0 amide bonds. The van der Waals surface area contributed by atoms with Crippen LogP contribution in [-0.2, 0) is 6.54 Å². The summed E-state index contributed by atoms with van der Waals surface area (Å²) in [4.78, 5) is 11.1. The van der Waals surface area contributed by atoms with Crippen LogP contribution in [-0.4, -0.2) is 15.6 Å². The SMILES string of the molecule is CCn1c(C(=O)O)ccc1-c1c(F)ccc(C)c1F. The maximum Gasteiger partial charge on any atom is 0.352 e. The highest BCUT2D eigenvalue weighted by Gasteiger charge is 2.20. The molecule has 0 fully saturated rings. The van der Waals surface area contributed by atoms with Gasteiger partial charge in [-0.2, -0.15) is 0 Å². The van der Waals surface area contributed by atoms with Crippen LogP contribution in [0.15, 0.2) is 24.3 Å². The van der Waals surface area contributed by atoms with Gasteiger partial charge in [-0.15, -0.1) is 0 Å². The first kappa shape index (κ1) is 13.3. The highest BCUT2D eigenvalue weighted by Crippen LogP contribution is 2.29. The molecule has 3 nitrogen and oxygen atoms in total. The van der Waals surface area contributed by atoms with Gasteiger partial charge in [0.15, 0.2) is 0 Å². The van der Waals surface area contributed by atoms with Crippen LogP contribution in [0.25, 0.3) is 11.3 Å². The lowest BCUT2D eigenvalue weighted by atomic mass is 10.1. The van der Waals surface area contributed by atoms with E-state index in [-0.39, 0.29) is 17.0 Å². The van der Waals surface area contributed by atoms with E-state index in [4.69, 9.17) is 5.11 Å². The summed E-state index contributed by atoms with van der Waals surface area (Å²) < 4.78 is 29.3. The van der Waals surface area contributed by atoms with Gasteiger partial charge in [0.25, 0.3) is 0 Å². The van der Waals surface area contributed by atoms with E-state index in [1.165, 1.54) is 35.8 Å². The molecule has 100 valence electrons. The second-order valence-electron chi connectivity index (χ2n) is 4.21. The summed E-state index contributed by atoms with van der Waals surface area (Å²) in [6.45, 7) is 3.58. The van der Waals surface area contributed by atoms with Gasteiger partial charge >= 0.3 is 5.97 Å². The Kier molecular flexibility index (Phi) is 3.38. The fourth-order valence-corrected chi connectivity index (χ4v) is 2.10. The Hall–Kier alpha value is -2.17. The van der Waals surface area contributed by atoms with E-state index in [0.29, 0.717) is 12.1 Å². The van der Waals surface area contributed by atoms with E-state index in [2.05, 4.69) is 0 Å². The number of benzene rings is 1. The Labute approximate surface area is 109 Å². The summed E-state index contributed by atoms with van der Waals surface area (Å²) in [5.74, 6) is -2.49. The lowest BCUT2D eigenvalue weighted by Crippen LogP contribution is -2.09. The molecule has 0 radical (unpaired) electrons. The second-order valence-corrected chi connectivity index (χ2v) is 4.21. The lowest BCUT2D eigenvalue weighted by Gasteiger charge is -2.11. The number of aromatic nitrogens is 1. The van der Waals surface area contributed by atoms with Crippen LogP contribution < -0.4 is 0 Å². The maximum absolute atomic E-state index is 14.1. The quantitative estimate of drug-likeness (QED) is 0.923. The number of hydrogen-bond acceptors (Lipinski definition) is 1. The number of carboxylic acid groups (broad SMARTS) is 1. The predicted octanol–water partition coefficient (Wildman–Crippen LogP) is 3.46. The van der Waals surface area contributed by atoms with Gasteiger partial charge in [-0.25, -0.2) is 13.6 Å². The van der Waals surface area contributed by atoms with Crippen molar-refractivity contribution < 1.29 is 18.7 Å². The van der Waals surface area contributed by atoms with Crippen molar-refractivity contribution in [2.75, 3.05) is 0 Å². The van der Waals surface area contributed by atoms with Crippen molar-refractivity contribution in [3.05, 3.63) is 47.2 Å². The minimum Gasteiger partial charge on any atom is -0.477 e. The summed E-state index contributed by atoms with van der Waals surface area (Å²) in [6.07, 6.45) is 0. The minimum atomic E-state index is -1.12. The standard InChI is InChI=1S/C14H13F2NO2/c1-3-17-10(6-7-11(17)14(18)19)12-9(15)5-4-8(2)13(12)16/h4-7H,3H2,1-2H3,(H,18,19). The molecule has 0 spiro atoms. The zero-order chi connectivity index (χ0) is 14.2. The summed E-state index contributed by atoms with van der Waals surface area (Å²) in [5, 5.41) is 9.04. The smallest absolute Gasteiger partial charge is 0.352 e. The molecule has 0 aliphatic carbocycles. The van der Waals surface area contributed by atoms with Gasteiger partial charge in [0, 0.05) is 6.54 Å². The Morgan fingerprint density at radius 1 is 1.26 bits per heavy atom. The molecule has 2 rings (SSSR count). The summed E-state index contributed by atoms with van der Waals surface area (Å²) in [5.41, 5.74) is 0.378. The zero-order valence-corrected chi connectivity index (χ0v) is 10.6. The van der Waals surface area contributed by atoms with Gasteiger partial charge in [-0.1, -0.05) is 6.07 Å². The van der Waals surface area contributed by atoms with Crippen molar-refractivity contribution in [2.24, 2.45) is 0 Å². The van der Waals surface area contributed by atoms with Gasteiger partial charge in [0.1, 0.15) is 17.3 Å². The van der Waals surface area contributed by atoms with E-state index < -0.39 is 17.6 Å². The summed E-state index contributed by atoms with van der Waals surface area (Å²) in [6, 6.07) is 5.31. The second kappa shape index (κ2) is 4.84. The van der Waals surface area contributed by atoms with Crippen molar-refractivity contribution in [1.82, 2.24) is 4.57 Å². The highest BCUT2D eigenvalue weighted by atomic mass is 19.1. The molecule has 0 unspecified atom stereocenters. The molecule has 2 aromatic rings. The van der Waals surface area contributed by atoms with Crippen LogP contribution in [0.1, 0.15) is 23.0 Å². The van der Waals surface area contributed by atoms with Gasteiger partial charge in [-0.3, -0.25) is 0 Å². The van der Waals surface area contributed by atoms with Gasteiger partial charge in [-0.05, 0) is 37.6 Å². The van der Waals surface area contributed by atoms with Crippen molar-refractivity contribution in [3.63, 3.8) is 0 Å². The number of carbonyl (C=O) groups is 1. The molecule has 0 aliphatic rings. The van der Waals surface area contributed by atoms with Gasteiger partial charge in [0.05, 0.1) is 11.3 Å². The molecule has 0 saturated carbocycles. The number of carboxylic acids is 1. The molecule has 0 bridgehead atoms. The number of nitrogens with zero attached hydrogens (tertiary/aromatic N) is 1. The first-order chi connectivity index (χ1) is 8.97. The lowest BCUT2D eigenvalue weighted by molar-refractivity contribution is 0.0685. The van der Waals surface area contributed by atoms with Crippen molar-refractivity contribution in [2.45, 2.75) is 20.4 Å². The molecular formula is C14H13F2NO2. The third-order valence-corrected chi connectivity index (χ3v) is 3.06. The largest absolute Gasteiger partial charge is 0.477 e.